The second kappa shape index (κ2) is 7.18. The lowest BCUT2D eigenvalue weighted by Gasteiger charge is -2.40. The Morgan fingerprint density at radius 1 is 1.29 bits per heavy atom. The number of nitrogen functional groups attached to an aromatic ring is 1. The van der Waals surface area contributed by atoms with E-state index in [4.69, 9.17) is 5.73 Å². The molecule has 2 amide bonds. The number of piperazine rings is 1. The van der Waals surface area contributed by atoms with E-state index in [1.54, 1.807) is 12.4 Å². The van der Waals surface area contributed by atoms with Gasteiger partial charge in [0.15, 0.2) is 17.3 Å². The number of amides is 2. The van der Waals surface area contributed by atoms with Gasteiger partial charge in [-0.05, 0) is 18.9 Å². The number of nitrogens with zero attached hydrogens (tertiary/aromatic N) is 6. The number of anilines is 3. The fourth-order valence-corrected chi connectivity index (χ4v) is 4.47. The zero-order chi connectivity index (χ0) is 21.7. The number of aryl methyl sites for hydroxylation is 1. The number of hydrogen-bond donors (Lipinski definition) is 2. The summed E-state index contributed by atoms with van der Waals surface area (Å²) in [6.45, 7) is 3.93. The van der Waals surface area contributed by atoms with Gasteiger partial charge in [0.2, 0.25) is 5.91 Å². The van der Waals surface area contributed by atoms with Crippen LogP contribution in [0.4, 0.5) is 21.6 Å². The van der Waals surface area contributed by atoms with Gasteiger partial charge in [0.25, 0.3) is 5.91 Å². The Kier molecular flexibility index (Phi) is 4.45. The van der Waals surface area contributed by atoms with Crippen LogP contribution in [0.3, 0.4) is 0 Å². The Labute approximate surface area is 176 Å². The fraction of sp³-hybridized carbons (Fsp3) is 0.350. The van der Waals surface area contributed by atoms with Gasteiger partial charge in [-0.15, -0.1) is 5.10 Å². The molecule has 2 aliphatic rings. The Morgan fingerprint density at radius 2 is 2.13 bits per heavy atom. The molecule has 3 N–H and O–H groups in total. The molecule has 5 heterocycles. The summed E-state index contributed by atoms with van der Waals surface area (Å²) in [4.78, 5) is 37.4. The molecule has 2 saturated heterocycles. The highest BCUT2D eigenvalue weighted by Crippen LogP contribution is 2.33. The summed E-state index contributed by atoms with van der Waals surface area (Å²) < 4.78 is 14.6. The van der Waals surface area contributed by atoms with E-state index >= 15 is 0 Å². The van der Waals surface area contributed by atoms with Crippen LogP contribution in [0.2, 0.25) is 0 Å². The van der Waals surface area contributed by atoms with Crippen LogP contribution in [0.25, 0.3) is 5.65 Å². The largest absolute Gasteiger partial charge is 0.381 e. The van der Waals surface area contributed by atoms with Crippen LogP contribution in [-0.4, -0.2) is 62.0 Å². The van der Waals surface area contributed by atoms with Gasteiger partial charge >= 0.3 is 0 Å². The van der Waals surface area contributed by atoms with E-state index in [2.05, 4.69) is 25.3 Å². The normalized spacial score (nSPS) is 18.5. The van der Waals surface area contributed by atoms with E-state index in [1.165, 1.54) is 0 Å². The number of halogens is 1. The third kappa shape index (κ3) is 3.22. The molecule has 160 valence electrons. The van der Waals surface area contributed by atoms with Crippen molar-refractivity contribution in [2.75, 3.05) is 35.6 Å². The standard InChI is InChI=1S/C20H21FN8O2/c1-11-6-23-8-14(17(11)27-4-5-28-13(10-27)2-3-15(28)30)25-20(31)16-18(22)26-29-9-12(21)7-24-19(16)29/h6-9,13H,2-5,10H2,1H3,(H2,22,26)(H,25,31)/t13-/m1/s1. The first-order valence-corrected chi connectivity index (χ1v) is 10.0. The summed E-state index contributed by atoms with van der Waals surface area (Å²) in [6, 6.07) is 0.173. The van der Waals surface area contributed by atoms with Crippen LogP contribution in [0.1, 0.15) is 28.8 Å². The summed E-state index contributed by atoms with van der Waals surface area (Å²) in [5.74, 6) is -0.931. The number of aromatic nitrogens is 4. The molecule has 2 aliphatic heterocycles. The molecule has 10 nitrogen and oxygen atoms in total. The highest BCUT2D eigenvalue weighted by atomic mass is 19.1. The van der Waals surface area contributed by atoms with Crippen LogP contribution < -0.4 is 16.0 Å². The number of carbonyl (C=O) groups excluding carboxylic acids is 2. The molecular formula is C20H21FN8O2. The van der Waals surface area contributed by atoms with Crippen molar-refractivity contribution in [3.05, 3.63) is 41.7 Å². The fourth-order valence-electron chi connectivity index (χ4n) is 4.47. The van der Waals surface area contributed by atoms with Crippen molar-refractivity contribution in [2.24, 2.45) is 0 Å². The van der Waals surface area contributed by atoms with E-state index in [-0.39, 0.29) is 29.0 Å². The number of nitrogens with two attached hydrogens (primary N) is 1. The predicted octanol–water partition coefficient (Wildman–Crippen LogP) is 1.22. The van der Waals surface area contributed by atoms with Crippen LogP contribution >= 0.6 is 0 Å². The maximum Gasteiger partial charge on any atom is 0.263 e. The lowest BCUT2D eigenvalue weighted by molar-refractivity contribution is -0.129. The molecule has 5 rings (SSSR count). The highest BCUT2D eigenvalue weighted by Gasteiger charge is 2.36. The Morgan fingerprint density at radius 3 is 2.97 bits per heavy atom. The van der Waals surface area contributed by atoms with E-state index in [1.807, 2.05) is 11.8 Å². The molecule has 0 saturated carbocycles. The average molecular weight is 424 g/mol. The van der Waals surface area contributed by atoms with Crippen molar-refractivity contribution in [2.45, 2.75) is 25.8 Å². The number of nitrogens with one attached hydrogen (secondary N) is 1. The van der Waals surface area contributed by atoms with Gasteiger partial charge in [-0.25, -0.2) is 13.9 Å². The minimum absolute atomic E-state index is 0.0455. The molecule has 0 spiro atoms. The zero-order valence-electron chi connectivity index (χ0n) is 16.9. The summed E-state index contributed by atoms with van der Waals surface area (Å²) in [7, 11) is 0. The summed E-state index contributed by atoms with van der Waals surface area (Å²) >= 11 is 0. The van der Waals surface area contributed by atoms with Gasteiger partial charge in [0.1, 0.15) is 5.56 Å². The molecule has 11 heteroatoms. The van der Waals surface area contributed by atoms with Gasteiger partial charge in [0.05, 0.1) is 30.0 Å². The van der Waals surface area contributed by atoms with Crippen molar-refractivity contribution in [1.82, 2.24) is 24.5 Å². The number of rotatable bonds is 3. The zero-order valence-corrected chi connectivity index (χ0v) is 16.9. The maximum absolute atomic E-state index is 13.4. The summed E-state index contributed by atoms with van der Waals surface area (Å²) in [5.41, 5.74) is 8.45. The Hall–Kier alpha value is -3.76. The highest BCUT2D eigenvalue weighted by molar-refractivity contribution is 6.12. The molecule has 3 aromatic heterocycles. The van der Waals surface area contributed by atoms with Gasteiger partial charge < -0.3 is 20.9 Å². The van der Waals surface area contributed by atoms with E-state index in [0.29, 0.717) is 31.7 Å². The third-order valence-electron chi connectivity index (χ3n) is 5.85. The van der Waals surface area contributed by atoms with E-state index in [9.17, 15) is 14.0 Å². The lowest BCUT2D eigenvalue weighted by Crippen LogP contribution is -2.51. The quantitative estimate of drug-likeness (QED) is 0.648. The Bertz CT molecular complexity index is 1210. The molecule has 31 heavy (non-hydrogen) atoms. The van der Waals surface area contributed by atoms with E-state index < -0.39 is 11.7 Å². The minimum Gasteiger partial charge on any atom is -0.381 e. The molecule has 3 aromatic rings. The topological polar surface area (TPSA) is 122 Å². The van der Waals surface area contributed by atoms with Gasteiger partial charge in [0, 0.05) is 38.3 Å². The molecule has 0 bridgehead atoms. The maximum atomic E-state index is 13.4. The molecule has 0 radical (unpaired) electrons. The smallest absolute Gasteiger partial charge is 0.263 e. The molecular weight excluding hydrogens is 403 g/mol. The SMILES string of the molecule is Cc1cncc(NC(=O)c2c(N)nn3cc(F)cnc23)c1N1CCN2C(=O)CC[C@@H]2C1. The van der Waals surface area contributed by atoms with Gasteiger partial charge in [-0.2, -0.15) is 0 Å². The molecule has 0 aromatic carbocycles. The molecule has 0 aliphatic carbocycles. The molecule has 2 fully saturated rings. The average Bonchev–Trinajstić information content (AvgIpc) is 3.26. The summed E-state index contributed by atoms with van der Waals surface area (Å²) in [5, 5.41) is 6.85. The first kappa shape index (κ1) is 19.2. The van der Waals surface area contributed by atoms with E-state index in [0.717, 1.165) is 34.6 Å². The summed E-state index contributed by atoms with van der Waals surface area (Å²) in [6.07, 6.45) is 6.86. The van der Waals surface area contributed by atoms with Crippen molar-refractivity contribution >= 4 is 34.7 Å². The van der Waals surface area contributed by atoms with Crippen LogP contribution in [0, 0.1) is 12.7 Å². The van der Waals surface area contributed by atoms with Crippen molar-refractivity contribution in [1.29, 1.82) is 0 Å². The van der Waals surface area contributed by atoms with Gasteiger partial charge in [-0.3, -0.25) is 14.6 Å². The second-order valence-corrected chi connectivity index (χ2v) is 7.83. The van der Waals surface area contributed by atoms with Crippen LogP contribution in [-0.2, 0) is 4.79 Å². The predicted molar refractivity (Wildman–Crippen MR) is 111 cm³/mol. The number of pyridine rings is 1. The van der Waals surface area contributed by atoms with Crippen molar-refractivity contribution in [3.63, 3.8) is 0 Å². The number of carbonyl (C=O) groups is 2. The second-order valence-electron chi connectivity index (χ2n) is 7.83. The lowest BCUT2D eigenvalue weighted by atomic mass is 10.1. The number of fused-ring (bicyclic) bond motifs is 2. The first-order chi connectivity index (χ1) is 14.9. The first-order valence-electron chi connectivity index (χ1n) is 10.0. The Balaban J connectivity index is 1.46. The third-order valence-corrected chi connectivity index (χ3v) is 5.85. The van der Waals surface area contributed by atoms with Crippen molar-refractivity contribution in [3.8, 4) is 0 Å². The van der Waals surface area contributed by atoms with Crippen LogP contribution in [0.15, 0.2) is 24.8 Å². The van der Waals surface area contributed by atoms with Crippen molar-refractivity contribution < 1.29 is 14.0 Å². The minimum atomic E-state index is -0.586. The van der Waals surface area contributed by atoms with Crippen LogP contribution in [0.5, 0.6) is 0 Å². The molecule has 0 unspecified atom stereocenters. The molecule has 1 atom stereocenters. The number of hydrogen-bond acceptors (Lipinski definition) is 7. The monoisotopic (exact) mass is 424 g/mol. The van der Waals surface area contributed by atoms with Gasteiger partial charge in [-0.1, -0.05) is 0 Å².